The molecule has 1 amide bonds. The Hall–Kier alpha value is -2.37. The summed E-state index contributed by atoms with van der Waals surface area (Å²) in [6.45, 7) is 5.35. The summed E-state index contributed by atoms with van der Waals surface area (Å²) in [5, 5.41) is 3.88. The van der Waals surface area contributed by atoms with Crippen LogP contribution >= 0.6 is 0 Å². The molecule has 1 fully saturated rings. The number of aromatic nitrogens is 2. The van der Waals surface area contributed by atoms with Gasteiger partial charge in [0.2, 0.25) is 0 Å². The molecule has 1 aliphatic rings. The van der Waals surface area contributed by atoms with Crippen LogP contribution in [0.15, 0.2) is 28.9 Å². The summed E-state index contributed by atoms with van der Waals surface area (Å²) in [5.41, 5.74) is 1.24. The average Bonchev–Trinajstić information content (AvgIpc) is 2.93. The standard InChI is InChI=1S/C17H22N4O2/c1-12-16(13(2)23-19-12)17(22)20(3)14-7-6-10-21(11-14)15-8-4-5-9-18-15/h4-5,8-9,14H,6-7,10-11H2,1-3H3/t14-/m0/s1. The lowest BCUT2D eigenvalue weighted by molar-refractivity contribution is 0.0715. The summed E-state index contributed by atoms with van der Waals surface area (Å²) < 4.78 is 5.13. The van der Waals surface area contributed by atoms with Crippen LogP contribution in [0.2, 0.25) is 0 Å². The minimum Gasteiger partial charge on any atom is -0.361 e. The predicted octanol–water partition coefficient (Wildman–Crippen LogP) is 2.43. The molecule has 0 unspecified atom stereocenters. The fraction of sp³-hybridized carbons (Fsp3) is 0.471. The predicted molar refractivity (Wildman–Crippen MR) is 87.5 cm³/mol. The van der Waals surface area contributed by atoms with Crippen LogP contribution in [0.5, 0.6) is 0 Å². The zero-order valence-electron chi connectivity index (χ0n) is 13.8. The van der Waals surface area contributed by atoms with E-state index < -0.39 is 0 Å². The van der Waals surface area contributed by atoms with E-state index in [2.05, 4.69) is 15.0 Å². The Morgan fingerprint density at radius 3 is 2.87 bits per heavy atom. The van der Waals surface area contributed by atoms with Crippen molar-refractivity contribution in [3.8, 4) is 0 Å². The van der Waals surface area contributed by atoms with Crippen molar-refractivity contribution in [2.24, 2.45) is 0 Å². The van der Waals surface area contributed by atoms with Gasteiger partial charge in [-0.15, -0.1) is 0 Å². The van der Waals surface area contributed by atoms with Crippen LogP contribution in [0.1, 0.15) is 34.7 Å². The Morgan fingerprint density at radius 2 is 2.22 bits per heavy atom. The number of rotatable bonds is 3. The number of piperidine rings is 1. The molecule has 0 spiro atoms. The smallest absolute Gasteiger partial charge is 0.259 e. The van der Waals surface area contributed by atoms with Gasteiger partial charge >= 0.3 is 0 Å². The van der Waals surface area contributed by atoms with E-state index in [0.717, 1.165) is 31.7 Å². The van der Waals surface area contributed by atoms with Crippen LogP contribution in [0, 0.1) is 13.8 Å². The second kappa shape index (κ2) is 6.40. The maximum Gasteiger partial charge on any atom is 0.259 e. The first-order valence-corrected chi connectivity index (χ1v) is 7.94. The Bertz CT molecular complexity index is 664. The minimum absolute atomic E-state index is 0.0193. The van der Waals surface area contributed by atoms with Crippen LogP contribution in [0.4, 0.5) is 5.82 Å². The summed E-state index contributed by atoms with van der Waals surface area (Å²) in [5.74, 6) is 1.53. The molecule has 3 rings (SSSR count). The third kappa shape index (κ3) is 3.06. The van der Waals surface area contributed by atoms with Gasteiger partial charge in [-0.05, 0) is 38.8 Å². The third-order valence-electron chi connectivity index (χ3n) is 4.49. The Morgan fingerprint density at radius 1 is 1.39 bits per heavy atom. The molecular formula is C17H22N4O2. The highest BCUT2D eigenvalue weighted by molar-refractivity contribution is 5.96. The van der Waals surface area contributed by atoms with Gasteiger partial charge in [-0.2, -0.15) is 0 Å². The molecule has 1 saturated heterocycles. The summed E-state index contributed by atoms with van der Waals surface area (Å²) in [6, 6.07) is 6.08. The highest BCUT2D eigenvalue weighted by atomic mass is 16.5. The van der Waals surface area contributed by atoms with Gasteiger partial charge in [0.1, 0.15) is 17.1 Å². The zero-order chi connectivity index (χ0) is 16.4. The Balaban J connectivity index is 1.75. The molecule has 3 heterocycles. The van der Waals surface area contributed by atoms with E-state index in [1.165, 1.54) is 0 Å². The monoisotopic (exact) mass is 314 g/mol. The van der Waals surface area contributed by atoms with Crippen molar-refractivity contribution in [3.05, 3.63) is 41.4 Å². The molecular weight excluding hydrogens is 292 g/mol. The topological polar surface area (TPSA) is 62.5 Å². The lowest BCUT2D eigenvalue weighted by Crippen LogP contribution is -2.49. The molecule has 2 aromatic rings. The van der Waals surface area contributed by atoms with Crippen molar-refractivity contribution in [3.63, 3.8) is 0 Å². The first-order valence-electron chi connectivity index (χ1n) is 7.94. The van der Waals surface area contributed by atoms with Crippen LogP contribution in [-0.4, -0.2) is 47.1 Å². The Kier molecular flexibility index (Phi) is 4.32. The first-order chi connectivity index (χ1) is 11.1. The SMILES string of the molecule is Cc1noc(C)c1C(=O)N(C)[C@H]1CCCN(c2ccccn2)C1. The highest BCUT2D eigenvalue weighted by Gasteiger charge is 2.29. The van der Waals surface area contributed by atoms with E-state index in [0.29, 0.717) is 17.0 Å². The largest absolute Gasteiger partial charge is 0.361 e. The molecule has 0 radical (unpaired) electrons. The lowest BCUT2D eigenvalue weighted by atomic mass is 10.0. The average molecular weight is 314 g/mol. The fourth-order valence-corrected chi connectivity index (χ4v) is 3.15. The number of carbonyl (C=O) groups is 1. The number of nitrogens with zero attached hydrogens (tertiary/aromatic N) is 4. The van der Waals surface area contributed by atoms with Crippen molar-refractivity contribution in [2.75, 3.05) is 25.0 Å². The molecule has 0 bridgehead atoms. The molecule has 6 heteroatoms. The fourth-order valence-electron chi connectivity index (χ4n) is 3.15. The normalized spacial score (nSPS) is 18.0. The second-order valence-electron chi connectivity index (χ2n) is 6.05. The van der Waals surface area contributed by atoms with Crippen LogP contribution in [-0.2, 0) is 0 Å². The zero-order valence-corrected chi connectivity index (χ0v) is 13.8. The first kappa shape index (κ1) is 15.5. The molecule has 0 N–H and O–H groups in total. The van der Waals surface area contributed by atoms with E-state index in [-0.39, 0.29) is 11.9 Å². The summed E-state index contributed by atoms with van der Waals surface area (Å²) in [4.78, 5) is 21.3. The minimum atomic E-state index is -0.0193. The van der Waals surface area contributed by atoms with Gasteiger partial charge in [0.25, 0.3) is 5.91 Å². The van der Waals surface area contributed by atoms with Gasteiger partial charge in [0.05, 0.1) is 5.69 Å². The number of carbonyl (C=O) groups excluding carboxylic acids is 1. The van der Waals surface area contributed by atoms with Gasteiger partial charge < -0.3 is 14.3 Å². The van der Waals surface area contributed by atoms with Gasteiger partial charge in [-0.3, -0.25) is 4.79 Å². The number of hydrogen-bond donors (Lipinski definition) is 0. The van der Waals surface area contributed by atoms with Crippen molar-refractivity contribution in [1.82, 2.24) is 15.0 Å². The molecule has 1 atom stereocenters. The van der Waals surface area contributed by atoms with Crippen LogP contribution < -0.4 is 4.90 Å². The van der Waals surface area contributed by atoms with Crippen LogP contribution in [0.25, 0.3) is 0 Å². The maximum absolute atomic E-state index is 12.8. The van der Waals surface area contributed by atoms with E-state index in [4.69, 9.17) is 4.52 Å². The number of hydrogen-bond acceptors (Lipinski definition) is 5. The van der Waals surface area contributed by atoms with Gasteiger partial charge in [0, 0.05) is 32.4 Å². The number of aryl methyl sites for hydroxylation is 2. The van der Waals surface area contributed by atoms with Crippen molar-refractivity contribution in [1.29, 1.82) is 0 Å². The molecule has 0 saturated carbocycles. The number of pyridine rings is 1. The number of likely N-dealkylation sites (N-methyl/N-ethyl adjacent to an activating group) is 1. The highest BCUT2D eigenvalue weighted by Crippen LogP contribution is 2.22. The summed E-state index contributed by atoms with van der Waals surface area (Å²) in [7, 11) is 1.86. The van der Waals surface area contributed by atoms with Crippen molar-refractivity contribution in [2.45, 2.75) is 32.7 Å². The maximum atomic E-state index is 12.8. The van der Waals surface area contributed by atoms with E-state index in [1.807, 2.05) is 30.1 Å². The molecule has 2 aromatic heterocycles. The second-order valence-corrected chi connectivity index (χ2v) is 6.05. The van der Waals surface area contributed by atoms with Crippen molar-refractivity contribution >= 4 is 11.7 Å². The molecule has 0 aliphatic carbocycles. The quantitative estimate of drug-likeness (QED) is 0.870. The van der Waals surface area contributed by atoms with Crippen molar-refractivity contribution < 1.29 is 9.32 Å². The molecule has 6 nitrogen and oxygen atoms in total. The number of amides is 1. The van der Waals surface area contributed by atoms with E-state index >= 15 is 0 Å². The third-order valence-corrected chi connectivity index (χ3v) is 4.49. The molecule has 122 valence electrons. The van der Waals surface area contributed by atoms with E-state index in [9.17, 15) is 4.79 Å². The lowest BCUT2D eigenvalue weighted by Gasteiger charge is -2.38. The van der Waals surface area contributed by atoms with Crippen LogP contribution in [0.3, 0.4) is 0 Å². The van der Waals surface area contributed by atoms with Gasteiger partial charge in [-0.1, -0.05) is 11.2 Å². The molecule has 23 heavy (non-hydrogen) atoms. The Labute approximate surface area is 136 Å². The van der Waals surface area contributed by atoms with E-state index in [1.54, 1.807) is 20.0 Å². The van der Waals surface area contributed by atoms with Gasteiger partial charge in [0.15, 0.2) is 0 Å². The number of anilines is 1. The summed E-state index contributed by atoms with van der Waals surface area (Å²) in [6.07, 6.45) is 3.84. The summed E-state index contributed by atoms with van der Waals surface area (Å²) >= 11 is 0. The van der Waals surface area contributed by atoms with Gasteiger partial charge in [-0.25, -0.2) is 4.98 Å². The molecule has 1 aliphatic heterocycles. The molecule has 0 aromatic carbocycles.